The van der Waals surface area contributed by atoms with Gasteiger partial charge in [-0.3, -0.25) is 4.57 Å². The van der Waals surface area contributed by atoms with E-state index in [-0.39, 0.29) is 22.0 Å². The quantitative estimate of drug-likeness (QED) is 0.230. The number of ether oxygens (including phenoxy) is 1. The second-order valence-corrected chi connectivity index (χ2v) is 10.2. The summed E-state index contributed by atoms with van der Waals surface area (Å²) in [5, 5.41) is 52.6. The molecule has 206 valence electrons. The molecule has 1 fully saturated rings. The maximum atomic E-state index is 13.7. The molecule has 0 spiro atoms. The van der Waals surface area contributed by atoms with Crippen LogP contribution in [0.2, 0.25) is 0 Å². The van der Waals surface area contributed by atoms with Crippen LogP contribution in [0.25, 0.3) is 16.9 Å². The number of rotatable bonds is 6. The Kier molecular flexibility index (Phi) is 6.95. The number of hydrogen-bond acceptors (Lipinski definition) is 10. The van der Waals surface area contributed by atoms with Gasteiger partial charge in [-0.2, -0.15) is 0 Å². The fourth-order valence-corrected chi connectivity index (χ4v) is 4.83. The number of nitrogens with zero attached hydrogens (tertiary/aromatic N) is 6. The molecule has 0 amide bonds. The first kappa shape index (κ1) is 26.9. The minimum atomic E-state index is -3.94. The van der Waals surface area contributed by atoms with Gasteiger partial charge >= 0.3 is 0 Å². The Hall–Kier alpha value is -3.74. The first-order valence-electron chi connectivity index (χ1n) is 11.2. The second kappa shape index (κ2) is 10.1. The van der Waals surface area contributed by atoms with Gasteiger partial charge in [0.15, 0.2) is 23.3 Å². The van der Waals surface area contributed by atoms with Crippen LogP contribution in [0, 0.1) is 17.5 Å². The van der Waals surface area contributed by atoms with Crippen LogP contribution in [0.5, 0.6) is 0 Å². The van der Waals surface area contributed by atoms with Crippen molar-refractivity contribution in [3.05, 3.63) is 72.2 Å². The van der Waals surface area contributed by atoms with Crippen LogP contribution in [0.3, 0.4) is 0 Å². The van der Waals surface area contributed by atoms with Crippen molar-refractivity contribution in [3.63, 3.8) is 0 Å². The number of sulfonamides is 1. The van der Waals surface area contributed by atoms with Crippen molar-refractivity contribution in [2.45, 2.75) is 35.4 Å². The van der Waals surface area contributed by atoms with Gasteiger partial charge in [0.2, 0.25) is 10.0 Å². The molecule has 5 N–H and O–H groups in total. The number of benzene rings is 2. The van der Waals surface area contributed by atoms with Crippen molar-refractivity contribution in [2.75, 3.05) is 6.61 Å². The van der Waals surface area contributed by atoms with Gasteiger partial charge in [0.1, 0.15) is 42.5 Å². The number of aliphatic hydroxyl groups excluding tert-OH is 3. The van der Waals surface area contributed by atoms with E-state index in [1.807, 2.05) is 0 Å². The first-order chi connectivity index (χ1) is 18.5. The van der Waals surface area contributed by atoms with E-state index in [2.05, 4.69) is 20.5 Å². The lowest BCUT2D eigenvalue weighted by atomic mass is 9.92. The summed E-state index contributed by atoms with van der Waals surface area (Å²) < 4.78 is 72.1. The Bertz CT molecular complexity index is 1590. The van der Waals surface area contributed by atoms with E-state index < -0.39 is 64.5 Å². The van der Waals surface area contributed by atoms with Crippen molar-refractivity contribution in [3.8, 4) is 16.9 Å². The molecule has 4 aromatic rings. The van der Waals surface area contributed by atoms with Gasteiger partial charge in [-0.1, -0.05) is 5.21 Å². The van der Waals surface area contributed by atoms with Gasteiger partial charge < -0.3 is 20.1 Å². The van der Waals surface area contributed by atoms with Crippen molar-refractivity contribution >= 4 is 10.0 Å². The van der Waals surface area contributed by atoms with Gasteiger partial charge in [0.25, 0.3) is 0 Å². The number of hydrogen-bond donors (Lipinski definition) is 4. The molecule has 0 bridgehead atoms. The smallest absolute Gasteiger partial charge is 0.238 e. The van der Waals surface area contributed by atoms with Gasteiger partial charge in [0, 0.05) is 11.3 Å². The van der Waals surface area contributed by atoms with Crippen LogP contribution in [0.1, 0.15) is 18.0 Å². The highest BCUT2D eigenvalue weighted by molar-refractivity contribution is 7.89. The molecule has 0 radical (unpaired) electrons. The van der Waals surface area contributed by atoms with Crippen molar-refractivity contribution < 1.29 is 41.6 Å². The Morgan fingerprint density at radius 1 is 1.03 bits per heavy atom. The van der Waals surface area contributed by atoms with E-state index in [1.165, 1.54) is 41.4 Å². The van der Waals surface area contributed by atoms with Crippen LogP contribution in [0.15, 0.2) is 53.8 Å². The summed E-state index contributed by atoms with van der Waals surface area (Å²) >= 11 is 0. The Labute approximate surface area is 218 Å². The van der Waals surface area contributed by atoms with Crippen LogP contribution < -0.4 is 5.14 Å². The molecule has 39 heavy (non-hydrogen) atoms. The molecule has 17 heteroatoms. The predicted molar refractivity (Wildman–Crippen MR) is 124 cm³/mol. The average molecular weight is 568 g/mol. The standard InChI is InChI=1S/C22H20F3N7O6S/c23-13-5-10(6-14(24)17(13)25)15-7-32(30-28-15)18-19(34)16(8-33)38-21(20(18)35)22-29-27-9-31(22)11-1-3-12(4-2-11)39(26,36)37/h1-7,9,16,18-21,33-35H,8H2,(H2,26,36,37)/t16-,18+,19+,20-,21-/m1/s1. The molecular weight excluding hydrogens is 547 g/mol. The molecule has 0 aliphatic carbocycles. The number of primary sulfonamides is 1. The predicted octanol–water partition coefficient (Wildman–Crippen LogP) is -0.0142. The maximum absolute atomic E-state index is 13.7. The van der Waals surface area contributed by atoms with Crippen molar-refractivity contribution in [2.24, 2.45) is 5.14 Å². The third kappa shape index (κ3) is 4.90. The van der Waals surface area contributed by atoms with Gasteiger partial charge in [0.05, 0.1) is 17.7 Å². The maximum Gasteiger partial charge on any atom is 0.238 e. The molecule has 13 nitrogen and oxygen atoms in total. The normalized spacial score (nSPS) is 23.7. The fourth-order valence-electron chi connectivity index (χ4n) is 4.32. The highest BCUT2D eigenvalue weighted by Gasteiger charge is 2.48. The first-order valence-corrected chi connectivity index (χ1v) is 12.8. The second-order valence-electron chi connectivity index (χ2n) is 8.69. The zero-order valence-electron chi connectivity index (χ0n) is 19.6. The topological polar surface area (TPSA) is 191 Å². The summed E-state index contributed by atoms with van der Waals surface area (Å²) in [6.45, 7) is -0.673. The zero-order chi connectivity index (χ0) is 28.1. The van der Waals surface area contributed by atoms with Crippen molar-refractivity contribution in [1.82, 2.24) is 29.8 Å². The molecule has 1 saturated heterocycles. The Morgan fingerprint density at radius 2 is 1.69 bits per heavy atom. The molecule has 2 aromatic heterocycles. The third-order valence-corrected chi connectivity index (χ3v) is 7.19. The molecule has 3 heterocycles. The van der Waals surface area contributed by atoms with Crippen LogP contribution in [-0.2, 0) is 14.8 Å². The largest absolute Gasteiger partial charge is 0.394 e. The minimum Gasteiger partial charge on any atom is -0.394 e. The number of nitrogens with two attached hydrogens (primary N) is 1. The Balaban J connectivity index is 1.50. The highest BCUT2D eigenvalue weighted by atomic mass is 32.2. The Morgan fingerprint density at radius 3 is 2.31 bits per heavy atom. The van der Waals surface area contributed by atoms with Crippen molar-refractivity contribution in [1.29, 1.82) is 0 Å². The monoisotopic (exact) mass is 567 g/mol. The summed E-state index contributed by atoms with van der Waals surface area (Å²) in [6.07, 6.45) is -3.20. The summed E-state index contributed by atoms with van der Waals surface area (Å²) in [5.41, 5.74) is 0.144. The van der Waals surface area contributed by atoms with E-state index in [9.17, 15) is 36.9 Å². The highest BCUT2D eigenvalue weighted by Crippen LogP contribution is 2.38. The van der Waals surface area contributed by atoms with Crippen LogP contribution in [-0.4, -0.2) is 78.4 Å². The minimum absolute atomic E-state index is 0.0317. The fraction of sp³-hybridized carbons (Fsp3) is 0.273. The van der Waals surface area contributed by atoms with Crippen LogP contribution >= 0.6 is 0 Å². The van der Waals surface area contributed by atoms with E-state index >= 15 is 0 Å². The summed E-state index contributed by atoms with van der Waals surface area (Å²) in [5.74, 6) is -4.51. The molecule has 5 rings (SSSR count). The SMILES string of the molecule is NS(=O)(=O)c1ccc(-n2cnnc2[C@@H]2O[C@H](CO)[C@H](O)[C@H](n3cc(-c4cc(F)c(F)c(F)c4)nn3)[C@H]2O)cc1. The lowest BCUT2D eigenvalue weighted by Crippen LogP contribution is -2.53. The molecule has 2 aromatic carbocycles. The van der Waals surface area contributed by atoms with Gasteiger partial charge in [-0.05, 0) is 36.4 Å². The van der Waals surface area contributed by atoms with E-state index in [0.29, 0.717) is 17.8 Å². The molecular formula is C22H20F3N7O6S. The average Bonchev–Trinajstić information content (AvgIpc) is 3.57. The third-order valence-electron chi connectivity index (χ3n) is 6.26. The lowest BCUT2D eigenvalue weighted by molar-refractivity contribution is -0.210. The summed E-state index contributed by atoms with van der Waals surface area (Å²) in [6, 6.07) is 5.48. The summed E-state index contributed by atoms with van der Waals surface area (Å²) in [4.78, 5) is -0.138. The molecule has 1 aliphatic heterocycles. The molecule has 1 aliphatic rings. The van der Waals surface area contributed by atoms with E-state index in [4.69, 9.17) is 9.88 Å². The summed E-state index contributed by atoms with van der Waals surface area (Å²) in [7, 11) is -3.94. The van der Waals surface area contributed by atoms with Gasteiger partial charge in [-0.25, -0.2) is 31.4 Å². The van der Waals surface area contributed by atoms with E-state index in [0.717, 1.165) is 4.68 Å². The molecule has 5 atom stereocenters. The number of aliphatic hydroxyl groups is 3. The van der Waals surface area contributed by atoms with Gasteiger partial charge in [-0.15, -0.1) is 15.3 Å². The number of aromatic nitrogens is 6. The zero-order valence-corrected chi connectivity index (χ0v) is 20.4. The number of halogens is 3. The molecule has 0 unspecified atom stereocenters. The molecule has 0 saturated carbocycles. The van der Waals surface area contributed by atoms with E-state index in [1.54, 1.807) is 0 Å². The lowest BCUT2D eigenvalue weighted by Gasteiger charge is -2.41. The van der Waals surface area contributed by atoms with Crippen LogP contribution in [0.4, 0.5) is 13.2 Å².